The zero-order valence-electron chi connectivity index (χ0n) is 6.79. The molecule has 1 aromatic carbocycles. The van der Waals surface area contributed by atoms with Crippen LogP contribution in [0.15, 0.2) is 30.3 Å². The fourth-order valence-electron chi connectivity index (χ4n) is 0.647. The van der Waals surface area contributed by atoms with Crippen LogP contribution in [0.1, 0.15) is 0 Å². The van der Waals surface area contributed by atoms with Gasteiger partial charge in [0.15, 0.2) is 6.67 Å². The summed E-state index contributed by atoms with van der Waals surface area (Å²) < 4.78 is 16.1. The smallest absolute Gasteiger partial charge is 0.342 e. The Hall–Kier alpha value is -0.783. The molecule has 4 heteroatoms. The minimum absolute atomic E-state index is 0. The van der Waals surface area contributed by atoms with Crippen LogP contribution < -0.4 is 4.74 Å². The maximum absolute atomic E-state index is 11.6. The van der Waals surface area contributed by atoms with E-state index < -0.39 is 12.6 Å². The Balaban J connectivity index is 0.00000121. The Morgan fingerprint density at radius 3 is 2.42 bits per heavy atom. The Morgan fingerprint density at radius 2 is 1.92 bits per heavy atom. The molecule has 0 saturated carbocycles. The number of alkyl halides is 1. The molecule has 0 aliphatic heterocycles. The van der Waals surface area contributed by atoms with E-state index in [2.05, 4.69) is 4.74 Å². The molecule has 0 heterocycles. The van der Waals surface area contributed by atoms with E-state index in [9.17, 15) is 9.18 Å². The van der Waals surface area contributed by atoms with Crippen molar-refractivity contribution in [3.63, 3.8) is 0 Å². The first-order valence-corrected chi connectivity index (χ1v) is 3.14. The van der Waals surface area contributed by atoms with Crippen LogP contribution in [0.3, 0.4) is 0 Å². The quantitative estimate of drug-likeness (QED) is 0.370. The molecule has 0 aliphatic rings. The molecule has 0 aromatic heterocycles. The third-order valence-corrected chi connectivity index (χ3v) is 1.08. The van der Waals surface area contributed by atoms with Gasteiger partial charge in [0.2, 0.25) is 0 Å². The number of esters is 1. The van der Waals surface area contributed by atoms with Crippen molar-refractivity contribution in [1.82, 2.24) is 0 Å². The molecule has 0 fully saturated rings. The summed E-state index contributed by atoms with van der Waals surface area (Å²) in [5.41, 5.74) is 0. The van der Waals surface area contributed by atoms with E-state index in [0.717, 1.165) is 0 Å². The van der Waals surface area contributed by atoms with E-state index >= 15 is 0 Å². The first kappa shape index (κ1) is 11.2. The Labute approximate surface area is 81.9 Å². The van der Waals surface area contributed by atoms with Crippen molar-refractivity contribution in [2.24, 2.45) is 0 Å². The van der Waals surface area contributed by atoms with E-state index in [1.165, 1.54) is 0 Å². The van der Waals surface area contributed by atoms with Crippen molar-refractivity contribution in [2.75, 3.05) is 6.67 Å². The molecular weight excluding hydrogens is 154 g/mol. The number of halogens is 1. The zero-order valence-corrected chi connectivity index (χ0v) is 6.79. The monoisotopic (exact) mass is 161 g/mol. The molecule has 0 unspecified atom stereocenters. The van der Waals surface area contributed by atoms with Gasteiger partial charge in [-0.15, -0.1) is 0 Å². The van der Waals surface area contributed by atoms with E-state index in [-0.39, 0.29) is 18.9 Å². The van der Waals surface area contributed by atoms with Gasteiger partial charge >= 0.3 is 5.97 Å². The van der Waals surface area contributed by atoms with Crippen molar-refractivity contribution in [3.8, 4) is 5.75 Å². The van der Waals surface area contributed by atoms with Gasteiger partial charge in [0.1, 0.15) is 5.75 Å². The Morgan fingerprint density at radius 1 is 1.33 bits per heavy atom. The maximum atomic E-state index is 11.6. The summed E-state index contributed by atoms with van der Waals surface area (Å²) >= 11 is 0. The van der Waals surface area contributed by atoms with Gasteiger partial charge < -0.3 is 4.74 Å². The predicted molar refractivity (Wildman–Crippen MR) is 43.8 cm³/mol. The van der Waals surface area contributed by atoms with Crippen LogP contribution in [0.4, 0.5) is 4.39 Å². The summed E-state index contributed by atoms with van der Waals surface area (Å²) in [6.45, 7) is -1.09. The molecule has 1 radical (unpaired) electrons. The summed E-state index contributed by atoms with van der Waals surface area (Å²) in [6.07, 6.45) is 0. The minimum Gasteiger partial charge on any atom is -0.425 e. The van der Waals surface area contributed by atoms with Crippen molar-refractivity contribution < 1.29 is 13.9 Å². The van der Waals surface area contributed by atoms with Gasteiger partial charge in [-0.2, -0.15) is 0 Å². The second-order valence-corrected chi connectivity index (χ2v) is 1.92. The normalized spacial score (nSPS) is 8.42. The van der Waals surface area contributed by atoms with Crippen LogP contribution in [0.2, 0.25) is 0 Å². The first-order valence-electron chi connectivity index (χ1n) is 3.14. The maximum Gasteiger partial charge on any atom is 0.342 e. The fourth-order valence-corrected chi connectivity index (χ4v) is 0.647. The Kier molecular flexibility index (Phi) is 5.44. The number of carbonyl (C=O) groups is 1. The summed E-state index contributed by atoms with van der Waals surface area (Å²) in [5.74, 6) is -0.494. The zero-order chi connectivity index (χ0) is 8.10. The standard InChI is InChI=1S/C8H7FO2.Li/c9-6-8(10)11-7-4-2-1-3-5-7;/h1-5H,6H2;. The summed E-state index contributed by atoms with van der Waals surface area (Å²) in [4.78, 5) is 10.4. The third-order valence-electron chi connectivity index (χ3n) is 1.08. The molecule has 0 N–H and O–H groups in total. The first-order chi connectivity index (χ1) is 5.33. The number of rotatable bonds is 2. The second kappa shape index (κ2) is 5.82. The predicted octanol–water partition coefficient (Wildman–Crippen LogP) is 1.18. The van der Waals surface area contributed by atoms with E-state index in [4.69, 9.17) is 0 Å². The van der Waals surface area contributed by atoms with Crippen LogP contribution in [0, 0.1) is 0 Å². The largest absolute Gasteiger partial charge is 0.425 e. The van der Waals surface area contributed by atoms with E-state index in [0.29, 0.717) is 5.75 Å². The molecule has 2 nitrogen and oxygen atoms in total. The van der Waals surface area contributed by atoms with Crippen LogP contribution >= 0.6 is 0 Å². The summed E-state index contributed by atoms with van der Waals surface area (Å²) in [6, 6.07) is 8.38. The van der Waals surface area contributed by atoms with Gasteiger partial charge in [-0.25, -0.2) is 9.18 Å². The summed E-state index contributed by atoms with van der Waals surface area (Å²) in [5, 5.41) is 0. The third kappa shape index (κ3) is 3.56. The molecule has 0 atom stereocenters. The van der Waals surface area contributed by atoms with Gasteiger partial charge in [-0.3, -0.25) is 0 Å². The van der Waals surface area contributed by atoms with E-state index in [1.54, 1.807) is 30.3 Å². The van der Waals surface area contributed by atoms with Crippen molar-refractivity contribution in [1.29, 1.82) is 0 Å². The van der Waals surface area contributed by atoms with Crippen LogP contribution in [0.25, 0.3) is 0 Å². The van der Waals surface area contributed by atoms with Crippen LogP contribution in [-0.2, 0) is 4.79 Å². The van der Waals surface area contributed by atoms with Crippen molar-refractivity contribution >= 4 is 24.8 Å². The van der Waals surface area contributed by atoms with Gasteiger partial charge in [-0.1, -0.05) is 18.2 Å². The average molecular weight is 161 g/mol. The van der Waals surface area contributed by atoms with E-state index in [1.807, 2.05) is 0 Å². The molecule has 0 bridgehead atoms. The number of ether oxygens (including phenoxy) is 1. The molecule has 59 valence electrons. The fraction of sp³-hybridized carbons (Fsp3) is 0.125. The molecule has 1 aromatic rings. The molecule has 1 rings (SSSR count). The number of para-hydroxylation sites is 1. The topological polar surface area (TPSA) is 26.3 Å². The molecule has 0 saturated heterocycles. The second-order valence-electron chi connectivity index (χ2n) is 1.92. The molecule has 0 spiro atoms. The number of carbonyl (C=O) groups excluding carboxylic acids is 1. The van der Waals surface area contributed by atoms with Crippen LogP contribution in [-0.4, -0.2) is 31.5 Å². The minimum atomic E-state index is -1.09. The van der Waals surface area contributed by atoms with Crippen molar-refractivity contribution in [3.05, 3.63) is 30.3 Å². The number of benzene rings is 1. The van der Waals surface area contributed by atoms with Gasteiger partial charge in [0, 0.05) is 18.9 Å². The van der Waals surface area contributed by atoms with Crippen LogP contribution in [0.5, 0.6) is 5.75 Å². The molecule has 0 amide bonds. The Bertz CT molecular complexity index is 238. The van der Waals surface area contributed by atoms with Gasteiger partial charge in [-0.05, 0) is 12.1 Å². The molecule has 0 aliphatic carbocycles. The number of hydrogen-bond acceptors (Lipinski definition) is 2. The molecule has 12 heavy (non-hydrogen) atoms. The van der Waals surface area contributed by atoms with Gasteiger partial charge in [0.05, 0.1) is 0 Å². The average Bonchev–Trinajstić information content (AvgIpc) is 2.06. The molecular formula is C8H7FLiO2. The SMILES string of the molecule is O=C(CF)Oc1ccccc1.[Li]. The summed E-state index contributed by atoms with van der Waals surface area (Å²) in [7, 11) is 0. The van der Waals surface area contributed by atoms with Crippen molar-refractivity contribution in [2.45, 2.75) is 0 Å². The van der Waals surface area contributed by atoms with Gasteiger partial charge in [0.25, 0.3) is 0 Å². The number of hydrogen-bond donors (Lipinski definition) is 0.